The lowest BCUT2D eigenvalue weighted by Gasteiger charge is -2.08. The molecule has 2 aromatic rings. The maximum absolute atomic E-state index is 13.2. The van der Waals surface area contributed by atoms with Crippen LogP contribution in [0.3, 0.4) is 0 Å². The van der Waals surface area contributed by atoms with E-state index >= 15 is 0 Å². The molecule has 0 atom stereocenters. The van der Waals surface area contributed by atoms with Crippen LogP contribution in [0.2, 0.25) is 10.2 Å². The predicted molar refractivity (Wildman–Crippen MR) is 69.4 cm³/mol. The molecule has 0 bridgehead atoms. The van der Waals surface area contributed by atoms with Crippen molar-refractivity contribution < 1.29 is 4.39 Å². The highest BCUT2D eigenvalue weighted by molar-refractivity contribution is 9.10. The summed E-state index contributed by atoms with van der Waals surface area (Å²) in [6, 6.07) is 4.36. The fourth-order valence-corrected chi connectivity index (χ4v) is 1.70. The van der Waals surface area contributed by atoms with Gasteiger partial charge in [-0.2, -0.15) is 0 Å². The molecular formula is C10H5BrCl2FN3. The Kier molecular flexibility index (Phi) is 3.81. The predicted octanol–water partition coefficient (Wildman–Crippen LogP) is 4.43. The third-order valence-corrected chi connectivity index (χ3v) is 3.50. The normalized spacial score (nSPS) is 10.4. The van der Waals surface area contributed by atoms with E-state index in [0.29, 0.717) is 16.0 Å². The zero-order valence-electron chi connectivity index (χ0n) is 8.22. The van der Waals surface area contributed by atoms with Crippen LogP contribution in [0.15, 0.2) is 29.0 Å². The minimum absolute atomic E-state index is 0.0651. The molecule has 0 aliphatic carbocycles. The van der Waals surface area contributed by atoms with Gasteiger partial charge in [0.1, 0.15) is 23.1 Å². The molecule has 0 unspecified atom stereocenters. The van der Waals surface area contributed by atoms with E-state index in [1.807, 2.05) is 0 Å². The maximum Gasteiger partial charge on any atom is 0.149 e. The van der Waals surface area contributed by atoms with Crippen molar-refractivity contribution in [3.63, 3.8) is 0 Å². The van der Waals surface area contributed by atoms with Gasteiger partial charge in [-0.1, -0.05) is 23.2 Å². The minimum Gasteiger partial charge on any atom is -0.339 e. The van der Waals surface area contributed by atoms with E-state index in [9.17, 15) is 4.39 Å². The molecule has 88 valence electrons. The van der Waals surface area contributed by atoms with Crippen molar-refractivity contribution >= 4 is 50.6 Å². The van der Waals surface area contributed by atoms with Crippen molar-refractivity contribution in [3.8, 4) is 0 Å². The van der Waals surface area contributed by atoms with E-state index < -0.39 is 5.82 Å². The second-order valence-electron chi connectivity index (χ2n) is 3.08. The Balaban J connectivity index is 2.31. The first-order valence-corrected chi connectivity index (χ1v) is 6.01. The molecule has 0 saturated heterocycles. The lowest BCUT2D eigenvalue weighted by molar-refractivity contribution is 0.629. The molecule has 0 amide bonds. The van der Waals surface area contributed by atoms with Gasteiger partial charge in [0, 0.05) is 5.69 Å². The highest BCUT2D eigenvalue weighted by atomic mass is 79.9. The monoisotopic (exact) mass is 335 g/mol. The molecule has 0 fully saturated rings. The molecule has 17 heavy (non-hydrogen) atoms. The number of anilines is 2. The van der Waals surface area contributed by atoms with Crippen molar-refractivity contribution in [1.82, 2.24) is 9.97 Å². The number of aromatic nitrogens is 2. The summed E-state index contributed by atoms with van der Waals surface area (Å²) >= 11 is 14.6. The lowest BCUT2D eigenvalue weighted by Crippen LogP contribution is -1.96. The van der Waals surface area contributed by atoms with Gasteiger partial charge < -0.3 is 5.32 Å². The molecule has 7 heteroatoms. The third kappa shape index (κ3) is 2.86. The van der Waals surface area contributed by atoms with Crippen molar-refractivity contribution in [3.05, 3.63) is 45.0 Å². The van der Waals surface area contributed by atoms with Crippen LogP contribution in [0.5, 0.6) is 0 Å². The molecule has 0 saturated carbocycles. The molecular weight excluding hydrogens is 332 g/mol. The van der Waals surface area contributed by atoms with Crippen molar-refractivity contribution in [2.75, 3.05) is 5.32 Å². The highest BCUT2D eigenvalue weighted by Gasteiger charge is 2.08. The Morgan fingerprint density at radius 2 is 2.00 bits per heavy atom. The number of rotatable bonds is 2. The van der Waals surface area contributed by atoms with E-state index in [0.717, 1.165) is 0 Å². The summed E-state index contributed by atoms with van der Waals surface area (Å²) in [6.07, 6.45) is 1.31. The van der Waals surface area contributed by atoms with Gasteiger partial charge in [-0.3, -0.25) is 0 Å². The van der Waals surface area contributed by atoms with Gasteiger partial charge in [0.25, 0.3) is 0 Å². The zero-order chi connectivity index (χ0) is 12.4. The minimum atomic E-state index is -0.507. The van der Waals surface area contributed by atoms with Crippen LogP contribution < -0.4 is 5.32 Å². The van der Waals surface area contributed by atoms with Gasteiger partial charge in [0.2, 0.25) is 0 Å². The second kappa shape index (κ2) is 5.16. The number of hydrogen-bond donors (Lipinski definition) is 1. The molecule has 1 N–H and O–H groups in total. The number of nitrogens with zero attached hydrogens (tertiary/aromatic N) is 2. The molecule has 0 spiro atoms. The quantitative estimate of drug-likeness (QED) is 0.824. The second-order valence-corrected chi connectivity index (χ2v) is 4.64. The summed E-state index contributed by atoms with van der Waals surface area (Å²) in [5, 5.41) is 3.24. The van der Waals surface area contributed by atoms with Gasteiger partial charge in [0.15, 0.2) is 0 Å². The van der Waals surface area contributed by atoms with Crippen LogP contribution in [0, 0.1) is 5.82 Å². The van der Waals surface area contributed by atoms with E-state index in [2.05, 4.69) is 31.2 Å². The average Bonchev–Trinajstić information content (AvgIpc) is 2.30. The SMILES string of the molecule is Fc1cc(Nc2ncnc(Cl)c2Br)ccc1Cl. The van der Waals surface area contributed by atoms with Crippen LogP contribution in [0.25, 0.3) is 0 Å². The fraction of sp³-hybridized carbons (Fsp3) is 0. The first-order valence-electron chi connectivity index (χ1n) is 4.46. The van der Waals surface area contributed by atoms with E-state index in [1.165, 1.54) is 18.5 Å². The van der Waals surface area contributed by atoms with Crippen molar-refractivity contribution in [2.45, 2.75) is 0 Å². The van der Waals surface area contributed by atoms with Gasteiger partial charge in [-0.25, -0.2) is 14.4 Å². The Hall–Kier alpha value is -0.910. The van der Waals surface area contributed by atoms with Crippen LogP contribution >= 0.6 is 39.1 Å². The Morgan fingerprint density at radius 1 is 1.24 bits per heavy atom. The third-order valence-electron chi connectivity index (χ3n) is 1.93. The van der Waals surface area contributed by atoms with Gasteiger partial charge in [-0.15, -0.1) is 0 Å². The van der Waals surface area contributed by atoms with Crippen molar-refractivity contribution in [2.24, 2.45) is 0 Å². The van der Waals surface area contributed by atoms with Crippen LogP contribution in [0.1, 0.15) is 0 Å². The molecule has 3 nitrogen and oxygen atoms in total. The molecule has 1 heterocycles. The number of halogens is 4. The summed E-state index contributed by atoms with van der Waals surface area (Å²) in [5.74, 6) is -0.0559. The smallest absolute Gasteiger partial charge is 0.149 e. The topological polar surface area (TPSA) is 37.8 Å². The Morgan fingerprint density at radius 3 is 2.71 bits per heavy atom. The zero-order valence-corrected chi connectivity index (χ0v) is 11.3. The van der Waals surface area contributed by atoms with Gasteiger partial charge >= 0.3 is 0 Å². The number of benzene rings is 1. The van der Waals surface area contributed by atoms with Crippen molar-refractivity contribution in [1.29, 1.82) is 0 Å². The lowest BCUT2D eigenvalue weighted by atomic mass is 10.3. The fourth-order valence-electron chi connectivity index (χ4n) is 1.15. The van der Waals surface area contributed by atoms with Gasteiger partial charge in [-0.05, 0) is 34.1 Å². The molecule has 2 rings (SSSR count). The summed E-state index contributed by atoms with van der Waals surface area (Å²) in [5.41, 5.74) is 0.516. The Bertz CT molecular complexity index is 565. The average molecular weight is 337 g/mol. The summed E-state index contributed by atoms with van der Waals surface area (Å²) < 4.78 is 13.7. The molecule has 0 aliphatic heterocycles. The van der Waals surface area contributed by atoms with E-state index in [-0.39, 0.29) is 10.2 Å². The Labute approximate surface area is 115 Å². The summed E-state index contributed by atoms with van der Waals surface area (Å²) in [6.45, 7) is 0. The first kappa shape index (κ1) is 12.5. The first-order chi connectivity index (χ1) is 8.08. The van der Waals surface area contributed by atoms with Crippen LogP contribution in [0.4, 0.5) is 15.9 Å². The number of hydrogen-bond acceptors (Lipinski definition) is 3. The summed E-state index contributed by atoms with van der Waals surface area (Å²) in [7, 11) is 0. The van der Waals surface area contributed by atoms with E-state index in [1.54, 1.807) is 6.07 Å². The van der Waals surface area contributed by atoms with Crippen LogP contribution in [-0.2, 0) is 0 Å². The largest absolute Gasteiger partial charge is 0.339 e. The molecule has 1 aromatic heterocycles. The standard InChI is InChI=1S/C10H5BrCl2FN3/c11-8-9(13)15-4-16-10(8)17-5-1-2-6(12)7(14)3-5/h1-4H,(H,15,16,17). The van der Waals surface area contributed by atoms with Crippen LogP contribution in [-0.4, -0.2) is 9.97 Å². The summed E-state index contributed by atoms with van der Waals surface area (Å²) in [4.78, 5) is 7.76. The van der Waals surface area contributed by atoms with Gasteiger partial charge in [0.05, 0.1) is 9.50 Å². The molecule has 0 aliphatic rings. The highest BCUT2D eigenvalue weighted by Crippen LogP contribution is 2.29. The number of nitrogens with one attached hydrogen (secondary N) is 1. The molecule has 1 aromatic carbocycles. The molecule has 0 radical (unpaired) electrons. The van der Waals surface area contributed by atoms with E-state index in [4.69, 9.17) is 23.2 Å². The maximum atomic E-state index is 13.2.